The summed E-state index contributed by atoms with van der Waals surface area (Å²) in [5, 5.41) is 13.6. The third-order valence-electron chi connectivity index (χ3n) is 4.54. The van der Waals surface area contributed by atoms with Gasteiger partial charge in [-0.15, -0.1) is 0 Å². The Hall–Kier alpha value is -3.63. The zero-order chi connectivity index (χ0) is 24.0. The van der Waals surface area contributed by atoms with Crippen LogP contribution in [0.3, 0.4) is 0 Å². The number of halogens is 1. The molecule has 0 spiro atoms. The van der Waals surface area contributed by atoms with E-state index < -0.39 is 27.5 Å². The number of rotatable bonds is 9. The smallest absolute Gasteiger partial charge is 0.310 e. The second-order valence-electron chi connectivity index (χ2n) is 6.71. The van der Waals surface area contributed by atoms with Crippen LogP contribution < -0.4 is 14.4 Å². The van der Waals surface area contributed by atoms with Gasteiger partial charge in [-0.05, 0) is 43.3 Å². The van der Waals surface area contributed by atoms with Crippen molar-refractivity contribution < 1.29 is 22.9 Å². The fourth-order valence-electron chi connectivity index (χ4n) is 3.05. The first-order valence-corrected chi connectivity index (χ1v) is 11.6. The highest BCUT2D eigenvalue weighted by Gasteiger charge is 2.26. The van der Waals surface area contributed by atoms with Crippen LogP contribution in [0.25, 0.3) is 0 Å². The molecule has 3 aromatic carbocycles. The lowest BCUT2D eigenvalue weighted by Gasteiger charge is -2.23. The average Bonchev–Trinajstić information content (AvgIpc) is 2.80. The lowest BCUT2D eigenvalue weighted by atomic mass is 10.3. The summed E-state index contributed by atoms with van der Waals surface area (Å²) in [6, 6.07) is 18.3. The topological polar surface area (TPSA) is 119 Å². The number of hydrogen-bond donors (Lipinski definition) is 1. The van der Waals surface area contributed by atoms with Gasteiger partial charge in [0.15, 0.2) is 12.4 Å². The Kier molecular flexibility index (Phi) is 7.52. The van der Waals surface area contributed by atoms with Crippen LogP contribution >= 0.6 is 11.6 Å². The molecule has 0 unspecified atom stereocenters. The molecule has 9 nitrogen and oxygen atoms in total. The van der Waals surface area contributed by atoms with E-state index in [0.717, 1.165) is 0 Å². The molecular weight excluding hydrogens is 470 g/mol. The molecule has 3 aromatic rings. The predicted molar refractivity (Wildman–Crippen MR) is 125 cm³/mol. The van der Waals surface area contributed by atoms with Crippen molar-refractivity contribution in [2.45, 2.75) is 11.8 Å². The zero-order valence-corrected chi connectivity index (χ0v) is 19.0. The van der Waals surface area contributed by atoms with E-state index in [1.54, 1.807) is 43.3 Å². The number of ether oxygens (including phenoxy) is 1. The molecule has 0 saturated carbocycles. The van der Waals surface area contributed by atoms with Crippen LogP contribution in [0, 0.1) is 10.1 Å². The molecular formula is C22H20ClN3O6S. The number of nitro benzene ring substituents is 1. The highest BCUT2D eigenvalue weighted by Crippen LogP contribution is 2.31. The van der Waals surface area contributed by atoms with Crippen LogP contribution in [-0.2, 0) is 14.8 Å². The van der Waals surface area contributed by atoms with Crippen molar-refractivity contribution in [2.75, 3.05) is 22.8 Å². The van der Waals surface area contributed by atoms with E-state index in [0.29, 0.717) is 5.69 Å². The summed E-state index contributed by atoms with van der Waals surface area (Å²) in [5.41, 5.74) is 0.382. The Morgan fingerprint density at radius 3 is 2.42 bits per heavy atom. The van der Waals surface area contributed by atoms with Gasteiger partial charge in [-0.2, -0.15) is 0 Å². The highest BCUT2D eigenvalue weighted by molar-refractivity contribution is 7.93. The van der Waals surface area contributed by atoms with Crippen molar-refractivity contribution in [1.29, 1.82) is 0 Å². The highest BCUT2D eigenvalue weighted by atomic mass is 35.5. The van der Waals surface area contributed by atoms with Gasteiger partial charge in [0.25, 0.3) is 15.9 Å². The van der Waals surface area contributed by atoms with Crippen molar-refractivity contribution in [3.05, 3.63) is 87.9 Å². The van der Waals surface area contributed by atoms with Crippen molar-refractivity contribution in [3.63, 3.8) is 0 Å². The summed E-state index contributed by atoms with van der Waals surface area (Å²) < 4.78 is 33.0. The van der Waals surface area contributed by atoms with Crippen molar-refractivity contribution in [1.82, 2.24) is 0 Å². The first-order valence-electron chi connectivity index (χ1n) is 9.77. The molecule has 11 heteroatoms. The van der Waals surface area contributed by atoms with E-state index in [9.17, 15) is 23.3 Å². The minimum atomic E-state index is -4.02. The molecule has 33 heavy (non-hydrogen) atoms. The third-order valence-corrected chi connectivity index (χ3v) is 6.92. The van der Waals surface area contributed by atoms with E-state index in [4.69, 9.17) is 16.3 Å². The van der Waals surface area contributed by atoms with Gasteiger partial charge in [0.2, 0.25) is 0 Å². The Bertz CT molecular complexity index is 1270. The van der Waals surface area contributed by atoms with Crippen LogP contribution in [0.4, 0.5) is 17.1 Å². The molecule has 0 radical (unpaired) electrons. The second-order valence-corrected chi connectivity index (χ2v) is 8.95. The molecule has 0 bridgehead atoms. The number of nitrogens with zero attached hydrogens (tertiary/aromatic N) is 2. The maximum absolute atomic E-state index is 13.3. The first-order chi connectivity index (χ1) is 15.7. The minimum absolute atomic E-state index is 0.00135. The fraction of sp³-hybridized carbons (Fsp3) is 0.136. The Labute approximate surface area is 195 Å². The van der Waals surface area contributed by atoms with Gasteiger partial charge in [0.1, 0.15) is 4.90 Å². The number of carbonyl (C=O) groups excluding carboxylic acids is 1. The number of para-hydroxylation sites is 3. The van der Waals surface area contributed by atoms with Gasteiger partial charge in [0.05, 0.1) is 15.6 Å². The summed E-state index contributed by atoms with van der Waals surface area (Å²) in [5.74, 6) is -0.687. The van der Waals surface area contributed by atoms with Crippen molar-refractivity contribution in [2.24, 2.45) is 0 Å². The molecule has 0 fully saturated rings. The van der Waals surface area contributed by atoms with Crippen LogP contribution in [0.2, 0.25) is 5.02 Å². The number of nitrogens with one attached hydrogen (secondary N) is 1. The summed E-state index contributed by atoms with van der Waals surface area (Å²) in [6.07, 6.45) is 0. The molecule has 0 atom stereocenters. The number of hydrogen-bond acceptors (Lipinski definition) is 6. The molecule has 0 aliphatic rings. The molecule has 0 aliphatic carbocycles. The Morgan fingerprint density at radius 1 is 1.09 bits per heavy atom. The van der Waals surface area contributed by atoms with E-state index in [2.05, 4.69) is 5.32 Å². The molecule has 1 N–H and O–H groups in total. The molecule has 3 rings (SSSR count). The number of nitro groups is 1. The van der Waals surface area contributed by atoms with Gasteiger partial charge in [0, 0.05) is 18.3 Å². The predicted octanol–water partition coefficient (Wildman–Crippen LogP) is 4.48. The molecule has 0 aliphatic heterocycles. The van der Waals surface area contributed by atoms with Gasteiger partial charge in [-0.3, -0.25) is 19.2 Å². The lowest BCUT2D eigenvalue weighted by Crippen LogP contribution is -2.31. The van der Waals surface area contributed by atoms with Crippen LogP contribution in [0.1, 0.15) is 6.92 Å². The number of amides is 1. The molecule has 1 amide bonds. The maximum Gasteiger partial charge on any atom is 0.310 e. The van der Waals surface area contributed by atoms with Crippen LogP contribution in [0.15, 0.2) is 77.7 Å². The van der Waals surface area contributed by atoms with Crippen molar-refractivity contribution in [3.8, 4) is 5.75 Å². The normalized spacial score (nSPS) is 11.0. The van der Waals surface area contributed by atoms with E-state index >= 15 is 0 Å². The molecule has 0 heterocycles. The molecule has 172 valence electrons. The average molecular weight is 490 g/mol. The Balaban J connectivity index is 1.79. The third kappa shape index (κ3) is 5.60. The monoisotopic (exact) mass is 489 g/mol. The van der Waals surface area contributed by atoms with E-state index in [-0.39, 0.29) is 33.6 Å². The summed E-state index contributed by atoms with van der Waals surface area (Å²) in [4.78, 5) is 22.6. The number of carbonyl (C=O) groups is 1. The summed E-state index contributed by atoms with van der Waals surface area (Å²) in [7, 11) is -4.02. The van der Waals surface area contributed by atoms with Crippen LogP contribution in [0.5, 0.6) is 5.75 Å². The van der Waals surface area contributed by atoms with Crippen molar-refractivity contribution >= 4 is 44.6 Å². The maximum atomic E-state index is 13.3. The Morgan fingerprint density at radius 2 is 1.76 bits per heavy atom. The first kappa shape index (κ1) is 24.0. The second kappa shape index (κ2) is 10.3. The van der Waals surface area contributed by atoms with Gasteiger partial charge < -0.3 is 10.1 Å². The quantitative estimate of drug-likeness (QED) is 0.349. The summed E-state index contributed by atoms with van der Waals surface area (Å²) in [6.45, 7) is 1.35. The number of benzene rings is 3. The lowest BCUT2D eigenvalue weighted by molar-refractivity contribution is -0.385. The molecule has 0 aromatic heterocycles. The van der Waals surface area contributed by atoms with Gasteiger partial charge >= 0.3 is 5.69 Å². The van der Waals surface area contributed by atoms with E-state index in [1.165, 1.54) is 40.7 Å². The zero-order valence-electron chi connectivity index (χ0n) is 17.5. The standard InChI is InChI=1S/C22H20ClN3O6S/c1-2-25(17-8-4-3-5-9-17)33(30,31)21-14-16(12-13-18(21)23)24-22(27)15-32-20-11-7-6-10-19(20)26(28)29/h3-14H,2,15H2,1H3,(H,24,27). The SMILES string of the molecule is CCN(c1ccccc1)S(=O)(=O)c1cc(NC(=O)COc2ccccc2[N+](=O)[O-])ccc1Cl. The number of sulfonamides is 1. The van der Waals surface area contributed by atoms with Gasteiger partial charge in [-0.1, -0.05) is 41.9 Å². The number of anilines is 2. The summed E-state index contributed by atoms with van der Waals surface area (Å²) >= 11 is 6.19. The largest absolute Gasteiger partial charge is 0.477 e. The minimum Gasteiger partial charge on any atom is -0.477 e. The van der Waals surface area contributed by atoms with Crippen LogP contribution in [-0.4, -0.2) is 32.4 Å². The van der Waals surface area contributed by atoms with Gasteiger partial charge in [-0.25, -0.2) is 8.42 Å². The molecule has 0 saturated heterocycles. The fourth-order valence-corrected chi connectivity index (χ4v) is 5.03. The van der Waals surface area contributed by atoms with E-state index in [1.807, 2.05) is 0 Å².